The van der Waals surface area contributed by atoms with Crippen LogP contribution in [0.15, 0.2) is 18.6 Å². The average Bonchev–Trinajstić information content (AvgIpc) is 3.15. The molecule has 0 bridgehead atoms. The lowest BCUT2D eigenvalue weighted by molar-refractivity contribution is -0.141. The van der Waals surface area contributed by atoms with Crippen LogP contribution in [0.1, 0.15) is 40.6 Å². The molecule has 3 rings (SSSR count). The topological polar surface area (TPSA) is 66.8 Å². The van der Waals surface area contributed by atoms with E-state index in [2.05, 4.69) is 15.1 Å². The Balaban J connectivity index is 1.73. The van der Waals surface area contributed by atoms with E-state index >= 15 is 0 Å². The number of aromatic nitrogens is 4. The number of likely N-dealkylation sites (tertiary alicyclic amines) is 1. The molecule has 0 saturated carbocycles. The summed E-state index contributed by atoms with van der Waals surface area (Å²) in [5.74, 6) is -0.105. The van der Waals surface area contributed by atoms with Gasteiger partial charge in [-0.1, -0.05) is 0 Å². The Labute approximate surface area is 130 Å². The Kier molecular flexibility index (Phi) is 3.87. The molecule has 1 aliphatic rings. The minimum Gasteiger partial charge on any atom is -0.338 e. The van der Waals surface area contributed by atoms with Crippen molar-refractivity contribution in [2.75, 3.05) is 13.1 Å². The van der Waals surface area contributed by atoms with Gasteiger partial charge in [0.2, 0.25) is 0 Å². The second kappa shape index (κ2) is 5.71. The Morgan fingerprint density at radius 2 is 2.17 bits per heavy atom. The number of aromatic amines is 1. The zero-order valence-corrected chi connectivity index (χ0v) is 12.5. The van der Waals surface area contributed by atoms with Crippen LogP contribution in [0, 0.1) is 0 Å². The maximum atomic E-state index is 12.7. The minimum atomic E-state index is -4.44. The molecule has 1 atom stereocenters. The number of carbonyl (C=O) groups excluding carboxylic acids is 1. The third-order valence-corrected chi connectivity index (χ3v) is 3.95. The molecule has 0 aliphatic carbocycles. The fraction of sp³-hybridized carbons (Fsp3) is 0.500. The predicted molar refractivity (Wildman–Crippen MR) is 74.7 cm³/mol. The van der Waals surface area contributed by atoms with Crippen molar-refractivity contribution in [2.24, 2.45) is 7.05 Å². The molecular weight excluding hydrogens is 311 g/mol. The van der Waals surface area contributed by atoms with Crippen molar-refractivity contribution in [1.29, 1.82) is 0 Å². The first-order valence-corrected chi connectivity index (χ1v) is 7.24. The number of imidazole rings is 1. The molecule has 3 heterocycles. The van der Waals surface area contributed by atoms with Crippen LogP contribution in [0.25, 0.3) is 0 Å². The van der Waals surface area contributed by atoms with Gasteiger partial charge >= 0.3 is 6.18 Å². The second-order valence-corrected chi connectivity index (χ2v) is 5.67. The molecule has 23 heavy (non-hydrogen) atoms. The van der Waals surface area contributed by atoms with Crippen LogP contribution in [-0.2, 0) is 13.2 Å². The number of nitrogens with zero attached hydrogens (tertiary/aromatic N) is 4. The highest BCUT2D eigenvalue weighted by molar-refractivity contribution is 5.93. The van der Waals surface area contributed by atoms with Crippen molar-refractivity contribution in [3.63, 3.8) is 0 Å². The summed E-state index contributed by atoms with van der Waals surface area (Å²) in [7, 11) is 1.72. The molecule has 2 aromatic heterocycles. The van der Waals surface area contributed by atoms with Crippen molar-refractivity contribution in [2.45, 2.75) is 24.9 Å². The van der Waals surface area contributed by atoms with E-state index < -0.39 is 11.9 Å². The zero-order chi connectivity index (χ0) is 16.6. The van der Waals surface area contributed by atoms with E-state index in [1.165, 1.54) is 10.9 Å². The van der Waals surface area contributed by atoms with Gasteiger partial charge in [-0.2, -0.15) is 18.3 Å². The third kappa shape index (κ3) is 3.22. The lowest BCUT2D eigenvalue weighted by atomic mass is 9.97. The maximum absolute atomic E-state index is 12.7. The number of hydrogen-bond donors (Lipinski definition) is 1. The normalized spacial score (nSPS) is 19.1. The van der Waals surface area contributed by atoms with Gasteiger partial charge in [-0.05, 0) is 12.8 Å². The number of amides is 1. The van der Waals surface area contributed by atoms with Gasteiger partial charge in [0.15, 0.2) is 0 Å². The molecule has 2 aromatic rings. The SMILES string of the molecule is Cn1cc(C(=O)N2CCC[C@@H](c3ncc(C(F)(F)F)[nH]3)C2)cn1. The molecule has 0 spiro atoms. The maximum Gasteiger partial charge on any atom is 0.432 e. The van der Waals surface area contributed by atoms with Gasteiger partial charge in [-0.15, -0.1) is 0 Å². The lowest BCUT2D eigenvalue weighted by Gasteiger charge is -2.31. The fourth-order valence-electron chi connectivity index (χ4n) is 2.79. The smallest absolute Gasteiger partial charge is 0.338 e. The molecule has 1 aliphatic heterocycles. The molecule has 1 amide bonds. The summed E-state index contributed by atoms with van der Waals surface area (Å²) in [4.78, 5) is 20.2. The molecular formula is C14H16F3N5O. The number of carbonyl (C=O) groups is 1. The van der Waals surface area contributed by atoms with Gasteiger partial charge in [-0.25, -0.2) is 4.98 Å². The molecule has 9 heteroatoms. The van der Waals surface area contributed by atoms with Gasteiger partial charge < -0.3 is 9.88 Å². The Morgan fingerprint density at radius 1 is 1.39 bits per heavy atom. The molecule has 0 unspecified atom stereocenters. The molecule has 6 nitrogen and oxygen atoms in total. The van der Waals surface area contributed by atoms with E-state index in [1.54, 1.807) is 18.1 Å². The predicted octanol–water partition coefficient (Wildman–Crippen LogP) is 2.18. The molecule has 124 valence electrons. The van der Waals surface area contributed by atoms with Gasteiger partial charge in [-0.3, -0.25) is 9.48 Å². The largest absolute Gasteiger partial charge is 0.432 e. The van der Waals surface area contributed by atoms with Crippen LogP contribution in [-0.4, -0.2) is 43.6 Å². The van der Waals surface area contributed by atoms with Crippen LogP contribution < -0.4 is 0 Å². The lowest BCUT2D eigenvalue weighted by Crippen LogP contribution is -2.39. The van der Waals surface area contributed by atoms with Crippen molar-refractivity contribution in [3.8, 4) is 0 Å². The highest BCUT2D eigenvalue weighted by Gasteiger charge is 2.35. The zero-order valence-electron chi connectivity index (χ0n) is 12.5. The van der Waals surface area contributed by atoms with E-state index in [4.69, 9.17) is 0 Å². The summed E-state index contributed by atoms with van der Waals surface area (Å²) in [5.41, 5.74) is -0.383. The fourth-order valence-corrected chi connectivity index (χ4v) is 2.79. The summed E-state index contributed by atoms with van der Waals surface area (Å²) in [6.45, 7) is 0.926. The summed E-state index contributed by atoms with van der Waals surface area (Å²) >= 11 is 0. The molecule has 1 fully saturated rings. The quantitative estimate of drug-likeness (QED) is 0.919. The van der Waals surface area contributed by atoms with E-state index in [0.717, 1.165) is 12.6 Å². The number of H-pyrrole nitrogens is 1. The van der Waals surface area contributed by atoms with Crippen molar-refractivity contribution in [3.05, 3.63) is 35.7 Å². The van der Waals surface area contributed by atoms with Gasteiger partial charge in [0, 0.05) is 32.3 Å². The van der Waals surface area contributed by atoms with Crippen LogP contribution in [0.2, 0.25) is 0 Å². The summed E-state index contributed by atoms with van der Waals surface area (Å²) in [5, 5.41) is 3.97. The number of alkyl halides is 3. The highest BCUT2D eigenvalue weighted by atomic mass is 19.4. The number of piperidine rings is 1. The molecule has 1 saturated heterocycles. The van der Waals surface area contributed by atoms with Crippen molar-refractivity contribution in [1.82, 2.24) is 24.6 Å². The van der Waals surface area contributed by atoms with E-state index in [9.17, 15) is 18.0 Å². The van der Waals surface area contributed by atoms with Crippen LogP contribution in [0.3, 0.4) is 0 Å². The number of hydrogen-bond acceptors (Lipinski definition) is 3. The van der Waals surface area contributed by atoms with Gasteiger partial charge in [0.05, 0.1) is 18.0 Å². The average molecular weight is 327 g/mol. The standard InChI is InChI=1S/C14H16F3N5O/c1-21-7-10(5-19-21)13(23)22-4-2-3-9(8-22)12-18-6-11(20-12)14(15,16)17/h5-7,9H,2-4,8H2,1H3,(H,18,20)/t9-/m1/s1. The number of nitrogens with one attached hydrogen (secondary N) is 1. The minimum absolute atomic E-state index is 0.162. The Bertz CT molecular complexity index is 705. The second-order valence-electron chi connectivity index (χ2n) is 5.67. The van der Waals surface area contributed by atoms with Crippen LogP contribution in [0.4, 0.5) is 13.2 Å². The molecule has 0 aromatic carbocycles. The highest BCUT2D eigenvalue weighted by Crippen LogP contribution is 2.31. The third-order valence-electron chi connectivity index (χ3n) is 3.95. The van der Waals surface area contributed by atoms with Gasteiger partial charge in [0.1, 0.15) is 11.5 Å². The summed E-state index contributed by atoms with van der Waals surface area (Å²) in [6.07, 6.45) is 0.893. The number of aryl methyl sites for hydroxylation is 1. The van der Waals surface area contributed by atoms with Crippen LogP contribution in [0.5, 0.6) is 0 Å². The van der Waals surface area contributed by atoms with Gasteiger partial charge in [0.25, 0.3) is 5.91 Å². The van der Waals surface area contributed by atoms with E-state index in [0.29, 0.717) is 25.1 Å². The van der Waals surface area contributed by atoms with E-state index in [1.807, 2.05) is 0 Å². The molecule has 1 N–H and O–H groups in total. The first-order valence-electron chi connectivity index (χ1n) is 7.24. The summed E-state index contributed by atoms with van der Waals surface area (Å²) in [6, 6.07) is 0. The number of halogens is 3. The van der Waals surface area contributed by atoms with Crippen molar-refractivity contribution >= 4 is 5.91 Å². The van der Waals surface area contributed by atoms with E-state index in [-0.39, 0.29) is 17.6 Å². The summed E-state index contributed by atoms with van der Waals surface area (Å²) < 4.78 is 39.5. The van der Waals surface area contributed by atoms with Crippen LogP contribution >= 0.6 is 0 Å². The Hall–Kier alpha value is -2.32. The molecule has 0 radical (unpaired) electrons. The first-order chi connectivity index (χ1) is 10.8. The Morgan fingerprint density at radius 3 is 2.78 bits per heavy atom. The monoisotopic (exact) mass is 327 g/mol. The first kappa shape index (κ1) is 15.6. The number of rotatable bonds is 2. The van der Waals surface area contributed by atoms with Crippen molar-refractivity contribution < 1.29 is 18.0 Å².